The van der Waals surface area contributed by atoms with Crippen LogP contribution >= 0.6 is 15.9 Å². The highest BCUT2D eigenvalue weighted by molar-refractivity contribution is 9.10. The molecule has 3 heteroatoms. The molecule has 2 rings (SSSR count). The van der Waals surface area contributed by atoms with Crippen molar-refractivity contribution in [2.45, 2.75) is 6.42 Å². The van der Waals surface area contributed by atoms with Gasteiger partial charge in [0, 0.05) is 6.20 Å². The van der Waals surface area contributed by atoms with Crippen molar-refractivity contribution in [1.82, 2.24) is 4.98 Å². The highest BCUT2D eigenvalue weighted by Gasteiger charge is 1.98. The van der Waals surface area contributed by atoms with Gasteiger partial charge in [-0.25, -0.2) is 4.39 Å². The molecule has 0 spiro atoms. The molecule has 1 nitrogen and oxygen atoms in total. The molecule has 72 valence electrons. The van der Waals surface area contributed by atoms with Gasteiger partial charge in [0.2, 0.25) is 0 Å². The van der Waals surface area contributed by atoms with E-state index in [4.69, 9.17) is 0 Å². The third-order valence-electron chi connectivity index (χ3n) is 2.03. The minimum absolute atomic E-state index is 0.191. The van der Waals surface area contributed by atoms with Crippen LogP contribution in [-0.2, 0) is 6.42 Å². The van der Waals surface area contributed by atoms with Gasteiger partial charge < -0.3 is 4.98 Å². The predicted molar refractivity (Wildman–Crippen MR) is 57.7 cm³/mol. The summed E-state index contributed by atoms with van der Waals surface area (Å²) in [5, 5.41) is 0. The van der Waals surface area contributed by atoms with Crippen LogP contribution in [0.2, 0.25) is 0 Å². The van der Waals surface area contributed by atoms with Gasteiger partial charge in [0.25, 0.3) is 0 Å². The summed E-state index contributed by atoms with van der Waals surface area (Å²) >= 11 is 3.34. The summed E-state index contributed by atoms with van der Waals surface area (Å²) in [5.41, 5.74) is 2.29. The van der Waals surface area contributed by atoms with E-state index in [0.717, 1.165) is 16.6 Å². The zero-order chi connectivity index (χ0) is 9.97. The Morgan fingerprint density at radius 3 is 2.43 bits per heavy atom. The van der Waals surface area contributed by atoms with Crippen LogP contribution in [-0.4, -0.2) is 4.98 Å². The summed E-state index contributed by atoms with van der Waals surface area (Å²) in [6, 6.07) is 8.59. The molecule has 14 heavy (non-hydrogen) atoms. The van der Waals surface area contributed by atoms with Crippen LogP contribution in [0.15, 0.2) is 41.1 Å². The fraction of sp³-hybridized carbons (Fsp3) is 0.0909. The summed E-state index contributed by atoms with van der Waals surface area (Å²) in [6.07, 6.45) is 2.76. The number of hydrogen-bond acceptors (Lipinski definition) is 0. The first-order chi connectivity index (χ1) is 6.74. The van der Waals surface area contributed by atoms with Crippen LogP contribution in [0, 0.1) is 5.82 Å². The number of benzene rings is 1. The molecule has 0 bridgehead atoms. The van der Waals surface area contributed by atoms with Crippen molar-refractivity contribution in [3.8, 4) is 0 Å². The van der Waals surface area contributed by atoms with Crippen molar-refractivity contribution in [3.05, 3.63) is 58.1 Å². The smallest absolute Gasteiger partial charge is 0.123 e. The highest BCUT2D eigenvalue weighted by atomic mass is 79.9. The van der Waals surface area contributed by atoms with Crippen LogP contribution < -0.4 is 0 Å². The summed E-state index contributed by atoms with van der Waals surface area (Å²) < 4.78 is 13.6. The molecule has 1 N–H and O–H groups in total. The molecular formula is C11H9BrFN. The maximum atomic E-state index is 12.6. The van der Waals surface area contributed by atoms with Crippen molar-refractivity contribution in [2.24, 2.45) is 0 Å². The first-order valence-electron chi connectivity index (χ1n) is 4.31. The Labute approximate surface area is 90.1 Å². The van der Waals surface area contributed by atoms with Crippen LogP contribution in [0.5, 0.6) is 0 Å². The van der Waals surface area contributed by atoms with Crippen LogP contribution in [0.25, 0.3) is 0 Å². The van der Waals surface area contributed by atoms with E-state index in [1.54, 1.807) is 12.1 Å². The van der Waals surface area contributed by atoms with Crippen LogP contribution in [0.4, 0.5) is 4.39 Å². The lowest BCUT2D eigenvalue weighted by atomic mass is 10.1. The zero-order valence-corrected chi connectivity index (χ0v) is 9.01. The number of nitrogens with one attached hydrogen (secondary N) is 1. The van der Waals surface area contributed by atoms with E-state index in [9.17, 15) is 4.39 Å². The Morgan fingerprint density at radius 2 is 1.86 bits per heavy atom. The summed E-state index contributed by atoms with van der Waals surface area (Å²) in [7, 11) is 0. The quantitative estimate of drug-likeness (QED) is 0.844. The lowest BCUT2D eigenvalue weighted by Gasteiger charge is -1.97. The molecule has 1 aromatic carbocycles. The van der Waals surface area contributed by atoms with E-state index < -0.39 is 0 Å². The van der Waals surface area contributed by atoms with Crippen molar-refractivity contribution >= 4 is 15.9 Å². The fourth-order valence-electron chi connectivity index (χ4n) is 1.35. The average Bonchev–Trinajstić information content (AvgIpc) is 2.56. The zero-order valence-electron chi connectivity index (χ0n) is 7.43. The van der Waals surface area contributed by atoms with Gasteiger partial charge in [-0.15, -0.1) is 0 Å². The molecule has 0 radical (unpaired) electrons. The molecular weight excluding hydrogens is 245 g/mol. The van der Waals surface area contributed by atoms with E-state index >= 15 is 0 Å². The molecule has 0 fully saturated rings. The fourth-order valence-corrected chi connectivity index (χ4v) is 1.76. The molecule has 0 aliphatic carbocycles. The van der Waals surface area contributed by atoms with E-state index in [1.807, 2.05) is 12.3 Å². The molecule has 0 unspecified atom stereocenters. The Morgan fingerprint density at radius 1 is 1.14 bits per heavy atom. The van der Waals surface area contributed by atoms with Gasteiger partial charge in [0.05, 0.1) is 4.60 Å². The number of H-pyrrole nitrogens is 1. The van der Waals surface area contributed by atoms with Crippen molar-refractivity contribution in [3.63, 3.8) is 0 Å². The highest BCUT2D eigenvalue weighted by Crippen LogP contribution is 2.14. The number of rotatable bonds is 2. The Hall–Kier alpha value is -1.09. The molecule has 1 aromatic heterocycles. The first-order valence-corrected chi connectivity index (χ1v) is 5.10. The Balaban J connectivity index is 2.15. The average molecular weight is 254 g/mol. The summed E-state index contributed by atoms with van der Waals surface area (Å²) in [5.74, 6) is -0.191. The minimum atomic E-state index is -0.191. The van der Waals surface area contributed by atoms with E-state index in [0.29, 0.717) is 0 Å². The number of aromatic nitrogens is 1. The summed E-state index contributed by atoms with van der Waals surface area (Å²) in [6.45, 7) is 0. The Kier molecular flexibility index (Phi) is 2.68. The normalized spacial score (nSPS) is 10.4. The van der Waals surface area contributed by atoms with E-state index in [2.05, 4.69) is 20.9 Å². The van der Waals surface area contributed by atoms with Gasteiger partial charge in [-0.1, -0.05) is 12.1 Å². The van der Waals surface area contributed by atoms with Gasteiger partial charge in [-0.3, -0.25) is 0 Å². The largest absolute Gasteiger partial charge is 0.356 e. The third kappa shape index (κ3) is 2.23. The molecule has 1 heterocycles. The molecule has 0 amide bonds. The van der Waals surface area contributed by atoms with Gasteiger partial charge in [0.15, 0.2) is 0 Å². The molecule has 0 aliphatic rings. The van der Waals surface area contributed by atoms with Gasteiger partial charge >= 0.3 is 0 Å². The molecule has 0 saturated carbocycles. The van der Waals surface area contributed by atoms with Crippen molar-refractivity contribution in [1.29, 1.82) is 0 Å². The van der Waals surface area contributed by atoms with Crippen molar-refractivity contribution in [2.75, 3.05) is 0 Å². The molecule has 2 aromatic rings. The summed E-state index contributed by atoms with van der Waals surface area (Å²) in [4.78, 5) is 3.04. The van der Waals surface area contributed by atoms with Crippen molar-refractivity contribution < 1.29 is 4.39 Å². The monoisotopic (exact) mass is 253 g/mol. The Bertz CT molecular complexity index is 419. The molecule has 0 aliphatic heterocycles. The maximum Gasteiger partial charge on any atom is 0.123 e. The number of halogens is 2. The molecule has 0 atom stereocenters. The second kappa shape index (κ2) is 3.96. The van der Waals surface area contributed by atoms with E-state index in [1.165, 1.54) is 17.7 Å². The van der Waals surface area contributed by atoms with Gasteiger partial charge in [0.1, 0.15) is 5.82 Å². The lowest BCUT2D eigenvalue weighted by Crippen LogP contribution is -1.85. The maximum absolute atomic E-state index is 12.6. The lowest BCUT2D eigenvalue weighted by molar-refractivity contribution is 0.627. The topological polar surface area (TPSA) is 15.8 Å². The minimum Gasteiger partial charge on any atom is -0.356 e. The third-order valence-corrected chi connectivity index (χ3v) is 2.49. The SMILES string of the molecule is Fc1ccc(Cc2c[nH]c(Br)c2)cc1. The van der Waals surface area contributed by atoms with Gasteiger partial charge in [-0.2, -0.15) is 0 Å². The first kappa shape index (κ1) is 9.46. The van der Waals surface area contributed by atoms with E-state index in [-0.39, 0.29) is 5.82 Å². The van der Waals surface area contributed by atoms with Crippen LogP contribution in [0.3, 0.4) is 0 Å². The number of aromatic amines is 1. The second-order valence-corrected chi connectivity index (χ2v) is 4.01. The second-order valence-electron chi connectivity index (χ2n) is 3.16. The van der Waals surface area contributed by atoms with Crippen LogP contribution in [0.1, 0.15) is 11.1 Å². The predicted octanol–water partition coefficient (Wildman–Crippen LogP) is 3.51. The standard InChI is InChI=1S/C11H9BrFN/c12-11-6-9(7-14-11)5-8-1-3-10(13)4-2-8/h1-4,6-7,14H,5H2. The van der Waals surface area contributed by atoms with Gasteiger partial charge in [-0.05, 0) is 51.7 Å². The molecule has 0 saturated heterocycles. The number of hydrogen-bond donors (Lipinski definition) is 1.